The van der Waals surface area contributed by atoms with Crippen LogP contribution in [-0.4, -0.2) is 34.1 Å². The predicted molar refractivity (Wildman–Crippen MR) is 92.3 cm³/mol. The van der Waals surface area contributed by atoms with Crippen LogP contribution in [-0.2, 0) is 4.79 Å². The molecule has 0 unspecified atom stereocenters. The van der Waals surface area contributed by atoms with E-state index in [1.54, 1.807) is 31.3 Å². The molecule has 0 atom stereocenters. The summed E-state index contributed by atoms with van der Waals surface area (Å²) < 4.78 is 5.46. The highest BCUT2D eigenvalue weighted by molar-refractivity contribution is 8.18. The molecule has 2 heterocycles. The van der Waals surface area contributed by atoms with Crippen molar-refractivity contribution in [1.82, 2.24) is 4.90 Å². The molecule has 2 aromatic rings. The van der Waals surface area contributed by atoms with E-state index in [4.69, 9.17) is 9.52 Å². The molecule has 122 valence electrons. The van der Waals surface area contributed by atoms with E-state index in [9.17, 15) is 9.59 Å². The van der Waals surface area contributed by atoms with Crippen molar-refractivity contribution in [2.24, 2.45) is 4.99 Å². The molecule has 3 rings (SSSR count). The van der Waals surface area contributed by atoms with Crippen LogP contribution in [0.5, 0.6) is 0 Å². The Morgan fingerprint density at radius 2 is 2.12 bits per heavy atom. The number of rotatable bonds is 3. The normalized spacial score (nSPS) is 17.9. The van der Waals surface area contributed by atoms with Crippen molar-refractivity contribution in [1.29, 1.82) is 0 Å². The molecule has 1 aromatic heterocycles. The second-order valence-electron chi connectivity index (χ2n) is 5.17. The van der Waals surface area contributed by atoms with Crippen molar-refractivity contribution < 1.29 is 19.1 Å². The first-order valence-electron chi connectivity index (χ1n) is 7.10. The van der Waals surface area contributed by atoms with Crippen LogP contribution in [0.15, 0.2) is 50.7 Å². The van der Waals surface area contributed by atoms with Crippen LogP contribution in [0.25, 0.3) is 6.08 Å². The minimum atomic E-state index is -1.02. The molecule has 7 heteroatoms. The maximum absolute atomic E-state index is 12.3. The Labute approximate surface area is 142 Å². The van der Waals surface area contributed by atoms with Crippen molar-refractivity contribution in [2.75, 3.05) is 7.05 Å². The van der Waals surface area contributed by atoms with Gasteiger partial charge in [0.25, 0.3) is 5.91 Å². The van der Waals surface area contributed by atoms with Crippen molar-refractivity contribution >= 4 is 40.6 Å². The lowest BCUT2D eigenvalue weighted by Gasteiger charge is -2.07. The fourth-order valence-corrected chi connectivity index (χ4v) is 3.10. The van der Waals surface area contributed by atoms with Gasteiger partial charge in [-0.15, -0.1) is 0 Å². The van der Waals surface area contributed by atoms with Crippen molar-refractivity contribution in [3.05, 3.63) is 58.4 Å². The Bertz CT molecular complexity index is 882. The number of amides is 1. The topological polar surface area (TPSA) is 83.1 Å². The molecule has 1 aliphatic rings. The summed E-state index contributed by atoms with van der Waals surface area (Å²) in [5, 5.41) is 9.52. The predicted octanol–water partition coefficient (Wildman–Crippen LogP) is 3.52. The number of hydrogen-bond donors (Lipinski definition) is 1. The molecule has 0 aliphatic carbocycles. The average Bonchev–Trinajstić information content (AvgIpc) is 3.07. The Kier molecular flexibility index (Phi) is 4.26. The third-order valence-corrected chi connectivity index (χ3v) is 4.42. The summed E-state index contributed by atoms with van der Waals surface area (Å²) in [4.78, 5) is 29.6. The van der Waals surface area contributed by atoms with Gasteiger partial charge in [0.2, 0.25) is 0 Å². The SMILES string of the molecule is Cc1ccc(C=C2SC(=Nc3cccc(C(=O)O)c3)N(C)C2=O)o1. The highest BCUT2D eigenvalue weighted by atomic mass is 32.2. The number of carboxylic acids is 1. The number of aliphatic imine (C=N–C) groups is 1. The average molecular weight is 342 g/mol. The molecule has 1 aliphatic heterocycles. The maximum atomic E-state index is 12.3. The third-order valence-electron chi connectivity index (χ3n) is 3.36. The van der Waals surface area contributed by atoms with Gasteiger partial charge >= 0.3 is 5.97 Å². The van der Waals surface area contributed by atoms with E-state index in [-0.39, 0.29) is 11.5 Å². The molecule has 6 nitrogen and oxygen atoms in total. The fraction of sp³-hybridized carbons (Fsp3) is 0.118. The third kappa shape index (κ3) is 3.26. The second kappa shape index (κ2) is 6.37. The lowest BCUT2D eigenvalue weighted by Crippen LogP contribution is -2.23. The molecular weight excluding hydrogens is 328 g/mol. The summed E-state index contributed by atoms with van der Waals surface area (Å²) in [6, 6.07) is 9.88. The molecule has 1 saturated heterocycles. The Morgan fingerprint density at radius 1 is 1.33 bits per heavy atom. The Balaban J connectivity index is 1.90. The number of carboxylic acid groups (broad SMARTS) is 1. The van der Waals surface area contributed by atoms with Crippen LogP contribution in [0, 0.1) is 6.92 Å². The van der Waals surface area contributed by atoms with E-state index in [1.807, 2.05) is 13.0 Å². The Morgan fingerprint density at radius 3 is 2.79 bits per heavy atom. The molecule has 1 amide bonds. The van der Waals surface area contributed by atoms with E-state index >= 15 is 0 Å². The largest absolute Gasteiger partial charge is 0.478 e. The number of amidine groups is 1. The van der Waals surface area contributed by atoms with Gasteiger partial charge < -0.3 is 9.52 Å². The summed E-state index contributed by atoms with van der Waals surface area (Å²) in [5.74, 6) is 0.174. The molecule has 0 radical (unpaired) electrons. The first-order chi connectivity index (χ1) is 11.4. The summed E-state index contributed by atoms with van der Waals surface area (Å²) in [6.07, 6.45) is 1.67. The van der Waals surface area contributed by atoms with Crippen molar-refractivity contribution in [2.45, 2.75) is 6.92 Å². The molecule has 24 heavy (non-hydrogen) atoms. The summed E-state index contributed by atoms with van der Waals surface area (Å²) in [6.45, 7) is 1.83. The van der Waals surface area contributed by atoms with E-state index in [0.717, 1.165) is 5.76 Å². The highest BCUT2D eigenvalue weighted by Gasteiger charge is 2.30. The number of thioether (sulfide) groups is 1. The van der Waals surface area contributed by atoms with E-state index < -0.39 is 5.97 Å². The quantitative estimate of drug-likeness (QED) is 0.863. The fourth-order valence-electron chi connectivity index (χ4n) is 2.13. The number of likely N-dealkylation sites (N-methyl/N-ethyl adjacent to an activating group) is 1. The van der Waals surface area contributed by atoms with Crippen LogP contribution in [0.3, 0.4) is 0 Å². The number of aryl methyl sites for hydroxylation is 1. The van der Waals surface area contributed by atoms with Crippen LogP contribution < -0.4 is 0 Å². The van der Waals surface area contributed by atoms with Gasteiger partial charge in [-0.2, -0.15) is 0 Å². The minimum absolute atomic E-state index is 0.149. The monoisotopic (exact) mass is 342 g/mol. The van der Waals surface area contributed by atoms with Gasteiger partial charge in [0, 0.05) is 13.1 Å². The van der Waals surface area contributed by atoms with Gasteiger partial charge in [-0.1, -0.05) is 6.07 Å². The zero-order valence-corrected chi connectivity index (χ0v) is 13.8. The van der Waals surface area contributed by atoms with Crippen molar-refractivity contribution in [3.63, 3.8) is 0 Å². The number of furan rings is 1. The van der Waals surface area contributed by atoms with Crippen LogP contribution >= 0.6 is 11.8 Å². The van der Waals surface area contributed by atoms with Crippen LogP contribution in [0.2, 0.25) is 0 Å². The first-order valence-corrected chi connectivity index (χ1v) is 7.92. The van der Waals surface area contributed by atoms with Gasteiger partial charge in [-0.25, -0.2) is 9.79 Å². The van der Waals surface area contributed by atoms with Gasteiger partial charge in [0.15, 0.2) is 5.17 Å². The van der Waals surface area contributed by atoms with E-state index in [0.29, 0.717) is 21.5 Å². The molecule has 1 fully saturated rings. The Hall–Kier alpha value is -2.80. The number of carbonyl (C=O) groups excluding carboxylic acids is 1. The number of benzene rings is 1. The van der Waals surface area contributed by atoms with Crippen LogP contribution in [0.4, 0.5) is 5.69 Å². The molecule has 1 aromatic carbocycles. The molecule has 0 bridgehead atoms. The molecule has 0 saturated carbocycles. The smallest absolute Gasteiger partial charge is 0.335 e. The van der Waals surface area contributed by atoms with Crippen LogP contribution in [0.1, 0.15) is 21.9 Å². The number of carbonyl (C=O) groups is 2. The molecular formula is C17H14N2O4S. The molecule has 0 spiro atoms. The van der Waals surface area contributed by atoms with E-state index in [1.165, 1.54) is 28.8 Å². The minimum Gasteiger partial charge on any atom is -0.478 e. The zero-order chi connectivity index (χ0) is 17.3. The summed E-state index contributed by atoms with van der Waals surface area (Å²) >= 11 is 1.22. The first kappa shape index (κ1) is 16.1. The highest BCUT2D eigenvalue weighted by Crippen LogP contribution is 2.33. The molecule has 1 N–H and O–H groups in total. The number of aromatic carboxylic acids is 1. The number of hydrogen-bond acceptors (Lipinski definition) is 5. The van der Waals surface area contributed by atoms with Gasteiger partial charge in [-0.05, 0) is 49.0 Å². The van der Waals surface area contributed by atoms with Gasteiger partial charge in [-0.3, -0.25) is 9.69 Å². The summed E-state index contributed by atoms with van der Waals surface area (Å²) in [5.41, 5.74) is 0.628. The van der Waals surface area contributed by atoms with E-state index in [2.05, 4.69) is 4.99 Å². The lowest BCUT2D eigenvalue weighted by atomic mass is 10.2. The number of nitrogens with zero attached hydrogens (tertiary/aromatic N) is 2. The summed E-state index contributed by atoms with van der Waals surface area (Å²) in [7, 11) is 1.63. The second-order valence-corrected chi connectivity index (χ2v) is 6.18. The van der Waals surface area contributed by atoms with Crippen molar-refractivity contribution in [3.8, 4) is 0 Å². The maximum Gasteiger partial charge on any atom is 0.335 e. The van der Waals surface area contributed by atoms with Gasteiger partial charge in [0.1, 0.15) is 11.5 Å². The lowest BCUT2D eigenvalue weighted by molar-refractivity contribution is -0.121. The van der Waals surface area contributed by atoms with Gasteiger partial charge in [0.05, 0.1) is 16.2 Å². The zero-order valence-electron chi connectivity index (χ0n) is 13.0. The standard InChI is InChI=1S/C17H14N2O4S/c1-10-6-7-13(23-10)9-14-15(20)19(2)17(24-14)18-12-5-3-4-11(8-12)16(21)22/h3-9H,1-2H3,(H,21,22).